The van der Waals surface area contributed by atoms with E-state index in [1.807, 2.05) is 6.07 Å². The standard InChI is InChI=1S/C15H15N5O2S/c16-9-20-7-13-14(8-20)17-18-15(13)10-2-1-3-11(6-10)19-23(21,22)12-4-5-12/h1-3,6,12,19H,4-5,7-8H2,(H,17,18). The van der Waals surface area contributed by atoms with E-state index in [2.05, 4.69) is 21.1 Å². The molecule has 0 unspecified atom stereocenters. The van der Waals surface area contributed by atoms with Gasteiger partial charge in [-0.2, -0.15) is 10.4 Å². The molecule has 7 nitrogen and oxygen atoms in total. The van der Waals surface area contributed by atoms with E-state index in [0.717, 1.165) is 35.4 Å². The van der Waals surface area contributed by atoms with Gasteiger partial charge in [0.25, 0.3) is 0 Å². The van der Waals surface area contributed by atoms with Gasteiger partial charge < -0.3 is 4.90 Å². The molecule has 2 N–H and O–H groups in total. The van der Waals surface area contributed by atoms with Crippen molar-refractivity contribution in [3.63, 3.8) is 0 Å². The lowest BCUT2D eigenvalue weighted by Gasteiger charge is -2.09. The Bertz CT molecular complexity index is 908. The smallest absolute Gasteiger partial charge is 0.235 e. The zero-order valence-corrected chi connectivity index (χ0v) is 13.1. The highest BCUT2D eigenvalue weighted by molar-refractivity contribution is 7.93. The van der Waals surface area contributed by atoms with Crippen LogP contribution in [-0.4, -0.2) is 28.8 Å². The Morgan fingerprint density at radius 3 is 2.91 bits per heavy atom. The molecule has 0 radical (unpaired) electrons. The third-order valence-electron chi connectivity index (χ3n) is 4.15. The Hall–Kier alpha value is -2.53. The number of anilines is 1. The first-order valence-electron chi connectivity index (χ1n) is 7.40. The molecule has 0 bridgehead atoms. The average molecular weight is 329 g/mol. The van der Waals surface area contributed by atoms with Crippen LogP contribution in [0.25, 0.3) is 11.3 Å². The van der Waals surface area contributed by atoms with Gasteiger partial charge in [-0.3, -0.25) is 9.82 Å². The highest BCUT2D eigenvalue weighted by atomic mass is 32.2. The number of aromatic amines is 1. The molecule has 1 fully saturated rings. The molecule has 23 heavy (non-hydrogen) atoms. The molecule has 1 aromatic heterocycles. The van der Waals surface area contributed by atoms with Crippen molar-refractivity contribution in [3.8, 4) is 17.5 Å². The summed E-state index contributed by atoms with van der Waals surface area (Å²) < 4.78 is 26.7. The monoisotopic (exact) mass is 329 g/mol. The van der Waals surface area contributed by atoms with E-state index in [0.29, 0.717) is 18.8 Å². The zero-order chi connectivity index (χ0) is 16.0. The maximum Gasteiger partial charge on any atom is 0.235 e. The van der Waals surface area contributed by atoms with Crippen LogP contribution in [0.1, 0.15) is 24.1 Å². The lowest BCUT2D eigenvalue weighted by molar-refractivity contribution is 0.412. The number of hydrogen-bond donors (Lipinski definition) is 2. The lowest BCUT2D eigenvalue weighted by atomic mass is 10.1. The summed E-state index contributed by atoms with van der Waals surface area (Å²) in [4.78, 5) is 1.64. The van der Waals surface area contributed by atoms with Crippen LogP contribution < -0.4 is 4.72 Å². The van der Waals surface area contributed by atoms with Crippen LogP contribution in [0.3, 0.4) is 0 Å². The van der Waals surface area contributed by atoms with Crippen LogP contribution in [0.15, 0.2) is 24.3 Å². The molecule has 8 heteroatoms. The molecule has 118 valence electrons. The maximum absolute atomic E-state index is 12.1. The molecule has 0 atom stereocenters. The predicted molar refractivity (Wildman–Crippen MR) is 84.4 cm³/mol. The summed E-state index contributed by atoms with van der Waals surface area (Å²) >= 11 is 0. The second-order valence-corrected chi connectivity index (χ2v) is 7.87. The van der Waals surface area contributed by atoms with Gasteiger partial charge in [-0.05, 0) is 25.0 Å². The summed E-state index contributed by atoms with van der Waals surface area (Å²) in [5.74, 6) is 0. The largest absolute Gasteiger partial charge is 0.300 e. The summed E-state index contributed by atoms with van der Waals surface area (Å²) in [6, 6.07) is 7.21. The van der Waals surface area contributed by atoms with Crippen LogP contribution >= 0.6 is 0 Å². The number of benzene rings is 1. The lowest BCUT2D eigenvalue weighted by Crippen LogP contribution is -2.17. The van der Waals surface area contributed by atoms with Crippen LogP contribution in [-0.2, 0) is 23.1 Å². The van der Waals surface area contributed by atoms with Crippen LogP contribution in [0.5, 0.6) is 0 Å². The van der Waals surface area contributed by atoms with E-state index >= 15 is 0 Å². The van der Waals surface area contributed by atoms with Gasteiger partial charge in [0, 0.05) is 16.8 Å². The fourth-order valence-corrected chi connectivity index (χ4v) is 4.18. The molecule has 0 spiro atoms. The third kappa shape index (κ3) is 2.53. The fourth-order valence-electron chi connectivity index (χ4n) is 2.81. The SMILES string of the molecule is N#CN1Cc2[nH]nc(-c3cccc(NS(=O)(=O)C4CC4)c3)c2C1. The number of aromatic nitrogens is 2. The summed E-state index contributed by atoms with van der Waals surface area (Å²) in [5, 5.41) is 16.0. The minimum absolute atomic E-state index is 0.259. The van der Waals surface area contributed by atoms with Gasteiger partial charge in [0.15, 0.2) is 6.19 Å². The quantitative estimate of drug-likeness (QED) is 0.833. The van der Waals surface area contributed by atoms with Crippen molar-refractivity contribution in [2.75, 3.05) is 4.72 Å². The molecule has 1 aromatic carbocycles. The number of fused-ring (bicyclic) bond motifs is 1. The van der Waals surface area contributed by atoms with Gasteiger partial charge in [-0.1, -0.05) is 12.1 Å². The van der Waals surface area contributed by atoms with E-state index in [1.165, 1.54) is 0 Å². The van der Waals surface area contributed by atoms with E-state index < -0.39 is 10.0 Å². The Morgan fingerprint density at radius 2 is 2.17 bits per heavy atom. The van der Waals surface area contributed by atoms with Crippen LogP contribution in [0, 0.1) is 11.5 Å². The Morgan fingerprint density at radius 1 is 1.35 bits per heavy atom. The third-order valence-corrected chi connectivity index (χ3v) is 6.02. The van der Waals surface area contributed by atoms with Gasteiger partial charge in [0.2, 0.25) is 10.0 Å². The highest BCUT2D eigenvalue weighted by Gasteiger charge is 2.35. The first-order valence-corrected chi connectivity index (χ1v) is 8.94. The van der Waals surface area contributed by atoms with Gasteiger partial charge in [0.05, 0.1) is 29.7 Å². The van der Waals surface area contributed by atoms with E-state index in [-0.39, 0.29) is 5.25 Å². The van der Waals surface area contributed by atoms with E-state index in [1.54, 1.807) is 23.1 Å². The van der Waals surface area contributed by atoms with Crippen LogP contribution in [0.4, 0.5) is 5.69 Å². The summed E-state index contributed by atoms with van der Waals surface area (Å²) in [5.41, 5.74) is 4.07. The molecule has 2 heterocycles. The number of nitrogens with zero attached hydrogens (tertiary/aromatic N) is 3. The van der Waals surface area contributed by atoms with E-state index in [4.69, 9.17) is 5.26 Å². The van der Waals surface area contributed by atoms with Crippen molar-refractivity contribution in [3.05, 3.63) is 35.5 Å². The number of rotatable bonds is 4. The molecule has 4 rings (SSSR count). The molecule has 0 amide bonds. The number of sulfonamides is 1. The predicted octanol–water partition coefficient (Wildman–Crippen LogP) is 1.78. The number of nitrogens with one attached hydrogen (secondary N) is 2. The van der Waals surface area contributed by atoms with Crippen LogP contribution in [0.2, 0.25) is 0 Å². The van der Waals surface area contributed by atoms with E-state index in [9.17, 15) is 8.42 Å². The first kappa shape index (κ1) is 14.1. The number of nitriles is 1. The van der Waals surface area contributed by atoms with Crippen molar-refractivity contribution < 1.29 is 8.42 Å². The highest BCUT2D eigenvalue weighted by Crippen LogP contribution is 2.33. The second-order valence-electron chi connectivity index (χ2n) is 5.91. The van der Waals surface area contributed by atoms with Gasteiger partial charge in [-0.15, -0.1) is 0 Å². The molecule has 1 aliphatic heterocycles. The molecule has 1 aliphatic carbocycles. The number of H-pyrrole nitrogens is 1. The van der Waals surface area contributed by atoms with Crippen molar-refractivity contribution in [2.24, 2.45) is 0 Å². The molecular weight excluding hydrogens is 314 g/mol. The maximum atomic E-state index is 12.1. The average Bonchev–Trinajstić information content (AvgIpc) is 3.20. The van der Waals surface area contributed by atoms with Crippen molar-refractivity contribution in [1.82, 2.24) is 15.1 Å². The first-order chi connectivity index (χ1) is 11.1. The van der Waals surface area contributed by atoms with Crippen molar-refractivity contribution in [1.29, 1.82) is 5.26 Å². The molecule has 0 saturated heterocycles. The van der Waals surface area contributed by atoms with Gasteiger partial charge in [0.1, 0.15) is 0 Å². The Kier molecular flexibility index (Phi) is 3.06. The van der Waals surface area contributed by atoms with Gasteiger partial charge in [-0.25, -0.2) is 8.42 Å². The Labute approximate surface area is 134 Å². The molecule has 2 aliphatic rings. The summed E-state index contributed by atoms with van der Waals surface area (Å²) in [6.45, 7) is 1.06. The topological polar surface area (TPSA) is 102 Å². The molecule has 1 saturated carbocycles. The minimum atomic E-state index is -3.28. The minimum Gasteiger partial charge on any atom is -0.300 e. The normalized spacial score (nSPS) is 16.9. The summed E-state index contributed by atoms with van der Waals surface area (Å²) in [6.07, 6.45) is 3.59. The fraction of sp³-hybridized carbons (Fsp3) is 0.333. The summed E-state index contributed by atoms with van der Waals surface area (Å²) in [7, 11) is -3.28. The second kappa shape index (κ2) is 4.99. The Balaban J connectivity index is 1.64. The van der Waals surface area contributed by atoms with Gasteiger partial charge >= 0.3 is 0 Å². The molecular formula is C15H15N5O2S. The zero-order valence-electron chi connectivity index (χ0n) is 12.3. The number of hydrogen-bond acceptors (Lipinski definition) is 5. The molecule has 2 aromatic rings. The van der Waals surface area contributed by atoms with Crippen molar-refractivity contribution in [2.45, 2.75) is 31.2 Å². The van der Waals surface area contributed by atoms with Crippen molar-refractivity contribution >= 4 is 15.7 Å².